The molecule has 0 spiro atoms. The minimum Gasteiger partial charge on any atom is -0.380 e. The van der Waals surface area contributed by atoms with E-state index >= 15 is 0 Å². The normalized spacial score (nSPS) is 17.9. The average molecular weight is 258 g/mol. The van der Waals surface area contributed by atoms with Gasteiger partial charge in [0.1, 0.15) is 5.82 Å². The fraction of sp³-hybridized carbons (Fsp3) is 0.455. The number of benzene rings is 1. The molecule has 0 heterocycles. The van der Waals surface area contributed by atoms with E-state index in [0.29, 0.717) is 11.7 Å². The van der Waals surface area contributed by atoms with Crippen LogP contribution in [-0.4, -0.2) is 6.04 Å². The summed E-state index contributed by atoms with van der Waals surface area (Å²) in [5, 5.41) is 3.21. The summed E-state index contributed by atoms with van der Waals surface area (Å²) in [6.07, 6.45) is 2.54. The third-order valence-electron chi connectivity index (χ3n) is 2.64. The second kappa shape index (κ2) is 3.89. The monoisotopic (exact) mass is 257 g/mol. The summed E-state index contributed by atoms with van der Waals surface area (Å²) >= 11 is 3.33. The molecule has 0 saturated heterocycles. The van der Waals surface area contributed by atoms with Gasteiger partial charge in [-0.2, -0.15) is 0 Å². The largest absolute Gasteiger partial charge is 0.380 e. The predicted molar refractivity (Wildman–Crippen MR) is 59.9 cm³/mol. The van der Waals surface area contributed by atoms with Crippen LogP contribution in [0.2, 0.25) is 0 Å². The van der Waals surface area contributed by atoms with Crippen LogP contribution >= 0.6 is 15.9 Å². The molecule has 1 N–H and O–H groups in total. The number of hydrogen-bond donors (Lipinski definition) is 1. The van der Waals surface area contributed by atoms with Crippen LogP contribution in [0.25, 0.3) is 0 Å². The van der Waals surface area contributed by atoms with Gasteiger partial charge in [-0.15, -0.1) is 0 Å². The summed E-state index contributed by atoms with van der Waals surface area (Å²) in [7, 11) is 0. The number of nitrogens with one attached hydrogen (secondary N) is 1. The molecule has 0 aliphatic heterocycles. The van der Waals surface area contributed by atoms with Crippen molar-refractivity contribution < 1.29 is 4.39 Å². The van der Waals surface area contributed by atoms with Gasteiger partial charge in [0.15, 0.2) is 0 Å². The second-order valence-electron chi connectivity index (χ2n) is 3.89. The zero-order valence-corrected chi connectivity index (χ0v) is 9.64. The van der Waals surface area contributed by atoms with Crippen LogP contribution < -0.4 is 5.32 Å². The molecule has 76 valence electrons. The minimum atomic E-state index is -0.180. The molecule has 1 nitrogen and oxygen atoms in total. The van der Waals surface area contributed by atoms with Crippen molar-refractivity contribution in [1.82, 2.24) is 0 Å². The van der Waals surface area contributed by atoms with Crippen molar-refractivity contribution in [3.63, 3.8) is 0 Å². The average Bonchev–Trinajstić information content (AvgIpc) is 2.94. The van der Waals surface area contributed by atoms with Gasteiger partial charge in [-0.1, -0.05) is 15.9 Å². The number of rotatable bonds is 3. The van der Waals surface area contributed by atoms with Crippen molar-refractivity contribution in [2.45, 2.75) is 25.8 Å². The first-order chi connectivity index (χ1) is 6.66. The Morgan fingerprint density at radius 2 is 2.21 bits per heavy atom. The van der Waals surface area contributed by atoms with Gasteiger partial charge in [-0.3, -0.25) is 0 Å². The van der Waals surface area contributed by atoms with Gasteiger partial charge >= 0.3 is 0 Å². The van der Waals surface area contributed by atoms with Crippen molar-refractivity contribution in [2.24, 2.45) is 5.92 Å². The Morgan fingerprint density at radius 3 is 2.86 bits per heavy atom. The highest BCUT2D eigenvalue weighted by Crippen LogP contribution is 2.34. The molecule has 2 rings (SSSR count). The molecule has 1 aromatic rings. The first-order valence-corrected chi connectivity index (χ1v) is 5.67. The van der Waals surface area contributed by atoms with Crippen LogP contribution in [0, 0.1) is 11.7 Å². The minimum absolute atomic E-state index is 0.180. The quantitative estimate of drug-likeness (QED) is 0.869. The Labute approximate surface area is 91.8 Å². The Kier molecular flexibility index (Phi) is 2.77. The smallest absolute Gasteiger partial charge is 0.146 e. The maximum atomic E-state index is 13.3. The predicted octanol–water partition coefficient (Wildman–Crippen LogP) is 3.80. The van der Waals surface area contributed by atoms with E-state index in [0.717, 1.165) is 10.4 Å². The molecule has 0 amide bonds. The van der Waals surface area contributed by atoms with Crippen LogP contribution in [0.15, 0.2) is 22.7 Å². The molecule has 0 aromatic heterocycles. The molecule has 1 atom stereocenters. The van der Waals surface area contributed by atoms with Crippen molar-refractivity contribution in [1.29, 1.82) is 0 Å². The maximum absolute atomic E-state index is 13.3. The Morgan fingerprint density at radius 1 is 1.50 bits per heavy atom. The van der Waals surface area contributed by atoms with Crippen molar-refractivity contribution in [3.8, 4) is 0 Å². The fourth-order valence-electron chi connectivity index (χ4n) is 1.57. The lowest BCUT2D eigenvalue weighted by atomic mass is 10.2. The molecular formula is C11H13BrFN. The second-order valence-corrected chi connectivity index (χ2v) is 4.81. The molecule has 1 unspecified atom stereocenters. The van der Waals surface area contributed by atoms with Crippen LogP contribution in [0.5, 0.6) is 0 Å². The van der Waals surface area contributed by atoms with E-state index in [1.54, 1.807) is 12.1 Å². The molecule has 1 saturated carbocycles. The van der Waals surface area contributed by atoms with Gasteiger partial charge in [0, 0.05) is 10.5 Å². The molecular weight excluding hydrogens is 245 g/mol. The molecule has 0 radical (unpaired) electrons. The summed E-state index contributed by atoms with van der Waals surface area (Å²) in [6.45, 7) is 2.11. The van der Waals surface area contributed by atoms with Gasteiger partial charge < -0.3 is 5.32 Å². The van der Waals surface area contributed by atoms with Gasteiger partial charge in [0.2, 0.25) is 0 Å². The molecule has 3 heteroatoms. The first-order valence-electron chi connectivity index (χ1n) is 4.88. The SMILES string of the molecule is CC(Nc1cc(Br)ccc1F)C1CC1. The van der Waals surface area contributed by atoms with Crippen molar-refractivity contribution in [3.05, 3.63) is 28.5 Å². The van der Waals surface area contributed by atoms with Crippen LogP contribution in [-0.2, 0) is 0 Å². The number of hydrogen-bond acceptors (Lipinski definition) is 1. The summed E-state index contributed by atoms with van der Waals surface area (Å²) in [4.78, 5) is 0. The Balaban J connectivity index is 2.10. The van der Waals surface area contributed by atoms with E-state index in [1.165, 1.54) is 18.9 Å². The number of anilines is 1. The van der Waals surface area contributed by atoms with E-state index in [4.69, 9.17) is 0 Å². The maximum Gasteiger partial charge on any atom is 0.146 e. The Hall–Kier alpha value is -0.570. The van der Waals surface area contributed by atoms with Crippen LogP contribution in [0.3, 0.4) is 0 Å². The molecule has 1 aromatic carbocycles. The van der Waals surface area contributed by atoms with E-state index in [-0.39, 0.29) is 5.82 Å². The third kappa shape index (κ3) is 2.27. The van der Waals surface area contributed by atoms with Crippen molar-refractivity contribution in [2.75, 3.05) is 5.32 Å². The zero-order valence-electron chi connectivity index (χ0n) is 8.06. The zero-order chi connectivity index (χ0) is 10.1. The Bertz CT molecular complexity index is 336. The van der Waals surface area contributed by atoms with E-state index in [9.17, 15) is 4.39 Å². The summed E-state index contributed by atoms with van der Waals surface area (Å²) in [5.41, 5.74) is 0.596. The van der Waals surface area contributed by atoms with Crippen LogP contribution in [0.4, 0.5) is 10.1 Å². The fourth-order valence-corrected chi connectivity index (χ4v) is 1.93. The number of halogens is 2. The van der Waals surface area contributed by atoms with Gasteiger partial charge in [-0.25, -0.2) is 4.39 Å². The standard InChI is InChI=1S/C11H13BrFN/c1-7(8-2-3-8)14-11-6-9(12)4-5-10(11)13/h4-8,14H,2-3H2,1H3. The van der Waals surface area contributed by atoms with E-state index < -0.39 is 0 Å². The highest BCUT2D eigenvalue weighted by Gasteiger charge is 2.28. The third-order valence-corrected chi connectivity index (χ3v) is 3.13. The lowest BCUT2D eigenvalue weighted by molar-refractivity contribution is 0.619. The highest BCUT2D eigenvalue weighted by molar-refractivity contribution is 9.10. The van der Waals surface area contributed by atoms with Crippen molar-refractivity contribution >= 4 is 21.6 Å². The molecule has 1 aliphatic carbocycles. The first kappa shape index (κ1) is 9.97. The summed E-state index contributed by atoms with van der Waals surface area (Å²) in [5.74, 6) is 0.550. The molecule has 0 bridgehead atoms. The molecule has 1 fully saturated rings. The summed E-state index contributed by atoms with van der Waals surface area (Å²) in [6, 6.07) is 5.35. The van der Waals surface area contributed by atoms with Gasteiger partial charge in [-0.05, 0) is 43.9 Å². The topological polar surface area (TPSA) is 12.0 Å². The van der Waals surface area contributed by atoms with Gasteiger partial charge in [0.05, 0.1) is 5.69 Å². The van der Waals surface area contributed by atoms with Crippen LogP contribution in [0.1, 0.15) is 19.8 Å². The molecule has 1 aliphatic rings. The summed E-state index contributed by atoms with van der Waals surface area (Å²) < 4.78 is 14.2. The lowest BCUT2D eigenvalue weighted by Gasteiger charge is -2.15. The highest BCUT2D eigenvalue weighted by atomic mass is 79.9. The lowest BCUT2D eigenvalue weighted by Crippen LogP contribution is -2.18. The van der Waals surface area contributed by atoms with E-state index in [2.05, 4.69) is 28.2 Å². The van der Waals surface area contributed by atoms with Gasteiger partial charge in [0.25, 0.3) is 0 Å². The van der Waals surface area contributed by atoms with E-state index in [1.807, 2.05) is 0 Å². The molecule has 14 heavy (non-hydrogen) atoms.